The second kappa shape index (κ2) is 9.51. The lowest BCUT2D eigenvalue weighted by atomic mass is 9.99. The Hall–Kier alpha value is -0.660. The van der Waals surface area contributed by atoms with Gasteiger partial charge in [0.25, 0.3) is 0 Å². The molecular formula is C16H28O10. The molecule has 0 saturated carbocycles. The third-order valence-corrected chi connectivity index (χ3v) is 4.40. The van der Waals surface area contributed by atoms with E-state index < -0.39 is 61.9 Å². The highest BCUT2D eigenvalue weighted by Crippen LogP contribution is 2.26. The summed E-state index contributed by atoms with van der Waals surface area (Å²) in [4.78, 5) is 0. The highest BCUT2D eigenvalue weighted by Gasteiger charge is 2.47. The van der Waals surface area contributed by atoms with Gasteiger partial charge in [0.05, 0.1) is 19.8 Å². The number of hydrogen-bond donors (Lipinski definition) is 6. The van der Waals surface area contributed by atoms with Crippen molar-refractivity contribution in [3.63, 3.8) is 0 Å². The maximum absolute atomic E-state index is 10.1. The Labute approximate surface area is 151 Å². The standard InChI is InChI=1S/C16H28O10/c1-7(2)3-4-23-15-14(22)12(20)11(19)9(26-15)6-24-16-13(21)10(18)8(5-17)25-16/h8-22H,1,3-6H2,2H3/t8-,9-,10+,11-,12+,13-,14-,15-,16-/m1/s1. The molecule has 2 aliphatic heterocycles. The number of ether oxygens (including phenoxy) is 4. The molecule has 2 aliphatic rings. The van der Waals surface area contributed by atoms with Gasteiger partial charge in [0, 0.05) is 0 Å². The summed E-state index contributed by atoms with van der Waals surface area (Å²) < 4.78 is 21.3. The molecule has 2 heterocycles. The van der Waals surface area contributed by atoms with Gasteiger partial charge in [-0.2, -0.15) is 0 Å². The third kappa shape index (κ3) is 4.98. The lowest BCUT2D eigenvalue weighted by Gasteiger charge is -2.40. The molecule has 0 aromatic carbocycles. The summed E-state index contributed by atoms with van der Waals surface area (Å²) in [7, 11) is 0. The predicted octanol–water partition coefficient (Wildman–Crippen LogP) is -2.77. The van der Waals surface area contributed by atoms with Gasteiger partial charge in [-0.15, -0.1) is 6.58 Å². The lowest BCUT2D eigenvalue weighted by molar-refractivity contribution is -0.309. The molecule has 2 fully saturated rings. The first kappa shape index (κ1) is 21.6. The van der Waals surface area contributed by atoms with Crippen LogP contribution in [0.2, 0.25) is 0 Å². The summed E-state index contributed by atoms with van der Waals surface area (Å²) >= 11 is 0. The fourth-order valence-corrected chi connectivity index (χ4v) is 2.73. The van der Waals surface area contributed by atoms with E-state index in [0.29, 0.717) is 6.42 Å². The van der Waals surface area contributed by atoms with Crippen molar-refractivity contribution in [2.45, 2.75) is 68.7 Å². The zero-order valence-corrected chi connectivity index (χ0v) is 14.5. The normalized spacial score (nSPS) is 43.6. The number of hydrogen-bond acceptors (Lipinski definition) is 10. The first-order chi connectivity index (χ1) is 12.3. The Kier molecular flexibility index (Phi) is 7.91. The van der Waals surface area contributed by atoms with Crippen LogP contribution in [0.4, 0.5) is 0 Å². The summed E-state index contributed by atoms with van der Waals surface area (Å²) in [5.74, 6) is 0. The number of aliphatic hydroxyl groups excluding tert-OH is 6. The third-order valence-electron chi connectivity index (χ3n) is 4.40. The van der Waals surface area contributed by atoms with Crippen LogP contribution in [0.15, 0.2) is 12.2 Å². The quantitative estimate of drug-likeness (QED) is 0.244. The number of aliphatic hydroxyl groups is 6. The first-order valence-corrected chi connectivity index (χ1v) is 8.46. The highest BCUT2D eigenvalue weighted by atomic mass is 16.7. The summed E-state index contributed by atoms with van der Waals surface area (Å²) in [5, 5.41) is 58.6. The van der Waals surface area contributed by atoms with E-state index in [9.17, 15) is 25.5 Å². The minimum Gasteiger partial charge on any atom is -0.394 e. The Morgan fingerprint density at radius 2 is 1.38 bits per heavy atom. The summed E-state index contributed by atoms with van der Waals surface area (Å²) in [6.07, 6.45) is -11.0. The molecule has 0 radical (unpaired) electrons. The zero-order chi connectivity index (χ0) is 19.4. The first-order valence-electron chi connectivity index (χ1n) is 8.46. The molecule has 26 heavy (non-hydrogen) atoms. The van der Waals surface area contributed by atoms with E-state index >= 15 is 0 Å². The molecule has 0 bridgehead atoms. The van der Waals surface area contributed by atoms with Crippen LogP contribution in [0.3, 0.4) is 0 Å². The molecule has 0 aromatic rings. The van der Waals surface area contributed by atoms with Crippen LogP contribution in [0, 0.1) is 0 Å². The van der Waals surface area contributed by atoms with Crippen LogP contribution in [0.1, 0.15) is 13.3 Å². The van der Waals surface area contributed by atoms with Crippen molar-refractivity contribution in [2.75, 3.05) is 19.8 Å². The van der Waals surface area contributed by atoms with Crippen molar-refractivity contribution >= 4 is 0 Å². The average molecular weight is 380 g/mol. The van der Waals surface area contributed by atoms with Crippen LogP contribution >= 0.6 is 0 Å². The zero-order valence-electron chi connectivity index (χ0n) is 14.5. The topological polar surface area (TPSA) is 158 Å². The van der Waals surface area contributed by atoms with E-state index in [1.807, 2.05) is 6.92 Å². The van der Waals surface area contributed by atoms with Crippen LogP contribution < -0.4 is 0 Å². The monoisotopic (exact) mass is 380 g/mol. The SMILES string of the molecule is C=C(C)CCO[C@@H]1O[C@H](CO[C@@H]2O[C@H](CO)[C@H](O)[C@H]2O)[C@@H](O)[C@H](O)[C@H]1O. The van der Waals surface area contributed by atoms with Crippen LogP contribution in [-0.4, -0.2) is 106 Å². The molecule has 2 saturated heterocycles. The van der Waals surface area contributed by atoms with Gasteiger partial charge in [-0.3, -0.25) is 0 Å². The van der Waals surface area contributed by atoms with Gasteiger partial charge in [0.2, 0.25) is 0 Å². The Balaban J connectivity index is 1.89. The van der Waals surface area contributed by atoms with E-state index in [0.717, 1.165) is 5.57 Å². The summed E-state index contributed by atoms with van der Waals surface area (Å²) in [5.41, 5.74) is 0.875. The minimum atomic E-state index is -1.52. The largest absolute Gasteiger partial charge is 0.394 e. The second-order valence-corrected chi connectivity index (χ2v) is 6.63. The van der Waals surface area contributed by atoms with Gasteiger partial charge in [-0.25, -0.2) is 0 Å². The predicted molar refractivity (Wildman–Crippen MR) is 85.8 cm³/mol. The Bertz CT molecular complexity index is 460. The minimum absolute atomic E-state index is 0.211. The Morgan fingerprint density at radius 3 is 1.96 bits per heavy atom. The van der Waals surface area contributed by atoms with E-state index in [2.05, 4.69) is 6.58 Å². The maximum atomic E-state index is 10.1. The average Bonchev–Trinajstić information content (AvgIpc) is 2.88. The van der Waals surface area contributed by atoms with Gasteiger partial charge in [0.1, 0.15) is 42.7 Å². The molecule has 2 rings (SSSR count). The van der Waals surface area contributed by atoms with E-state index in [4.69, 9.17) is 24.1 Å². The van der Waals surface area contributed by atoms with Gasteiger partial charge >= 0.3 is 0 Å². The van der Waals surface area contributed by atoms with Gasteiger partial charge < -0.3 is 49.6 Å². The van der Waals surface area contributed by atoms with Crippen molar-refractivity contribution in [3.8, 4) is 0 Å². The van der Waals surface area contributed by atoms with Gasteiger partial charge in [0.15, 0.2) is 12.6 Å². The Morgan fingerprint density at radius 1 is 0.846 bits per heavy atom. The molecule has 0 unspecified atom stereocenters. The lowest BCUT2D eigenvalue weighted by Crippen LogP contribution is -2.59. The van der Waals surface area contributed by atoms with Gasteiger partial charge in [-0.1, -0.05) is 5.57 Å². The van der Waals surface area contributed by atoms with Crippen LogP contribution in [-0.2, 0) is 18.9 Å². The molecule has 6 N–H and O–H groups in total. The molecule has 152 valence electrons. The van der Waals surface area contributed by atoms with Gasteiger partial charge in [-0.05, 0) is 13.3 Å². The molecule has 0 aromatic heterocycles. The molecule has 10 nitrogen and oxygen atoms in total. The summed E-state index contributed by atoms with van der Waals surface area (Å²) in [6.45, 7) is 4.95. The maximum Gasteiger partial charge on any atom is 0.186 e. The molecule has 9 atom stereocenters. The summed E-state index contributed by atoms with van der Waals surface area (Å²) in [6, 6.07) is 0. The van der Waals surface area contributed by atoms with E-state index in [1.165, 1.54) is 0 Å². The molecule has 0 spiro atoms. The second-order valence-electron chi connectivity index (χ2n) is 6.63. The smallest absolute Gasteiger partial charge is 0.186 e. The van der Waals surface area contributed by atoms with E-state index in [1.54, 1.807) is 0 Å². The van der Waals surface area contributed by atoms with Crippen molar-refractivity contribution in [2.24, 2.45) is 0 Å². The van der Waals surface area contributed by atoms with Crippen LogP contribution in [0.25, 0.3) is 0 Å². The van der Waals surface area contributed by atoms with Crippen LogP contribution in [0.5, 0.6) is 0 Å². The molecule has 10 heteroatoms. The fourth-order valence-electron chi connectivity index (χ4n) is 2.73. The van der Waals surface area contributed by atoms with Crippen molar-refractivity contribution in [3.05, 3.63) is 12.2 Å². The van der Waals surface area contributed by atoms with Crippen molar-refractivity contribution in [1.29, 1.82) is 0 Å². The number of rotatable bonds is 8. The van der Waals surface area contributed by atoms with Crippen molar-refractivity contribution < 1.29 is 49.6 Å². The molecule has 0 aliphatic carbocycles. The fraction of sp³-hybridized carbons (Fsp3) is 0.875. The van der Waals surface area contributed by atoms with E-state index in [-0.39, 0.29) is 13.2 Å². The highest BCUT2D eigenvalue weighted by molar-refractivity contribution is 4.91. The molecular weight excluding hydrogens is 352 g/mol. The molecule has 0 amide bonds. The van der Waals surface area contributed by atoms with Crippen molar-refractivity contribution in [1.82, 2.24) is 0 Å².